The maximum Gasteiger partial charge on any atom is 0.273 e. The second-order valence-corrected chi connectivity index (χ2v) is 10.5. The Morgan fingerprint density at radius 1 is 1.21 bits per heavy atom. The van der Waals surface area contributed by atoms with Gasteiger partial charge in [0.25, 0.3) is 11.1 Å². The number of aliphatic imine (C=N–C) groups is 1. The Balaban J connectivity index is 1.75. The second kappa shape index (κ2) is 11.1. The summed E-state index contributed by atoms with van der Waals surface area (Å²) < 4.78 is 57.2. The number of aromatic nitrogens is 2. The number of aromatic amines is 1. The highest BCUT2D eigenvalue weighted by Gasteiger charge is 2.43. The van der Waals surface area contributed by atoms with Crippen molar-refractivity contribution in [3.05, 3.63) is 114 Å². The molecule has 2 heterocycles. The predicted molar refractivity (Wildman–Crippen MR) is 143 cm³/mol. The standard InChI is InChI=1S/C27H23ClF3N3O3S/c1-4-8-32-25(16-6-5-7-22(24(16)31)38(3)37)21(30)13-34-14(2)9-19(23(28)27(34)36)17-11-18(17)20-10-15(29)12-33-26(20)35/h4-10,12-13,17-18H,11H2,1-3H3,(H,33,35)/b8-4+,21-13-,32-25+. The molecule has 1 aliphatic rings. The van der Waals surface area contributed by atoms with E-state index in [1.165, 1.54) is 36.7 Å². The number of nitrogens with one attached hydrogen (secondary N) is 1. The van der Waals surface area contributed by atoms with Gasteiger partial charge in [-0.3, -0.25) is 23.4 Å². The summed E-state index contributed by atoms with van der Waals surface area (Å²) in [5, 5.41) is -0.165. The molecule has 4 rings (SSSR count). The number of hydrogen-bond acceptors (Lipinski definition) is 4. The highest BCUT2D eigenvalue weighted by molar-refractivity contribution is 7.84. The lowest BCUT2D eigenvalue weighted by Crippen LogP contribution is -2.21. The molecule has 1 aromatic carbocycles. The number of nitrogens with zero attached hydrogens (tertiary/aromatic N) is 2. The van der Waals surface area contributed by atoms with Gasteiger partial charge in [0.15, 0.2) is 5.83 Å². The first-order valence-electron chi connectivity index (χ1n) is 11.5. The quantitative estimate of drug-likeness (QED) is 0.382. The van der Waals surface area contributed by atoms with Crippen LogP contribution in [0.15, 0.2) is 74.1 Å². The number of H-pyrrole nitrogens is 1. The second-order valence-electron chi connectivity index (χ2n) is 8.79. The van der Waals surface area contributed by atoms with Crippen LogP contribution in [-0.4, -0.2) is 25.7 Å². The number of rotatable bonds is 7. The van der Waals surface area contributed by atoms with Crippen molar-refractivity contribution in [1.29, 1.82) is 0 Å². The molecule has 6 nitrogen and oxygen atoms in total. The Hall–Kier alpha value is -3.50. The molecule has 1 N–H and O–H groups in total. The van der Waals surface area contributed by atoms with Crippen LogP contribution in [0.3, 0.4) is 0 Å². The van der Waals surface area contributed by atoms with Crippen molar-refractivity contribution in [3.63, 3.8) is 0 Å². The van der Waals surface area contributed by atoms with E-state index >= 15 is 8.78 Å². The van der Waals surface area contributed by atoms with Crippen molar-refractivity contribution in [1.82, 2.24) is 9.55 Å². The summed E-state index contributed by atoms with van der Waals surface area (Å²) in [4.78, 5) is 31.5. The van der Waals surface area contributed by atoms with Gasteiger partial charge in [-0.1, -0.05) is 23.7 Å². The normalized spacial score (nSPS) is 18.7. The summed E-state index contributed by atoms with van der Waals surface area (Å²) >= 11 is 6.39. The Morgan fingerprint density at radius 3 is 2.61 bits per heavy atom. The average molecular weight is 562 g/mol. The van der Waals surface area contributed by atoms with E-state index in [1.807, 2.05) is 0 Å². The minimum atomic E-state index is -1.66. The topological polar surface area (TPSA) is 84.3 Å². The Kier molecular flexibility index (Phi) is 8.03. The van der Waals surface area contributed by atoms with Gasteiger partial charge < -0.3 is 4.98 Å². The molecule has 0 aliphatic heterocycles. The van der Waals surface area contributed by atoms with Crippen LogP contribution in [0.5, 0.6) is 0 Å². The van der Waals surface area contributed by atoms with Crippen LogP contribution in [0, 0.1) is 18.6 Å². The molecular weight excluding hydrogens is 539 g/mol. The summed E-state index contributed by atoms with van der Waals surface area (Å²) in [7, 11) is -1.66. The van der Waals surface area contributed by atoms with Gasteiger partial charge in [-0.25, -0.2) is 13.2 Å². The lowest BCUT2D eigenvalue weighted by atomic mass is 10.1. The maximum absolute atomic E-state index is 15.6. The molecule has 0 saturated heterocycles. The van der Waals surface area contributed by atoms with E-state index < -0.39 is 45.1 Å². The first-order valence-corrected chi connectivity index (χ1v) is 13.5. The molecule has 0 bridgehead atoms. The van der Waals surface area contributed by atoms with Crippen molar-refractivity contribution in [3.8, 4) is 0 Å². The van der Waals surface area contributed by atoms with Crippen molar-refractivity contribution < 1.29 is 17.4 Å². The van der Waals surface area contributed by atoms with Crippen LogP contribution in [-0.2, 0) is 10.8 Å². The minimum absolute atomic E-state index is 0.111. The van der Waals surface area contributed by atoms with E-state index in [0.29, 0.717) is 17.7 Å². The fraction of sp³-hybridized carbons (Fsp3) is 0.222. The summed E-state index contributed by atoms with van der Waals surface area (Å²) in [5.74, 6) is -3.08. The molecule has 198 valence electrons. The number of aryl methyl sites for hydroxylation is 1. The van der Waals surface area contributed by atoms with Gasteiger partial charge in [0.2, 0.25) is 0 Å². The van der Waals surface area contributed by atoms with Gasteiger partial charge in [-0.05, 0) is 61.9 Å². The van der Waals surface area contributed by atoms with E-state index in [4.69, 9.17) is 11.6 Å². The summed E-state index contributed by atoms with van der Waals surface area (Å²) in [6.45, 7) is 3.22. The summed E-state index contributed by atoms with van der Waals surface area (Å²) in [5.41, 5.74) is -0.685. The van der Waals surface area contributed by atoms with Crippen molar-refractivity contribution in [2.75, 3.05) is 6.26 Å². The van der Waals surface area contributed by atoms with Crippen LogP contribution in [0.2, 0.25) is 5.02 Å². The third kappa shape index (κ3) is 5.37. The molecule has 38 heavy (non-hydrogen) atoms. The Morgan fingerprint density at radius 2 is 1.92 bits per heavy atom. The van der Waals surface area contributed by atoms with Crippen LogP contribution >= 0.6 is 11.6 Å². The number of allylic oxidation sites excluding steroid dienone is 2. The minimum Gasteiger partial charge on any atom is -0.326 e. The van der Waals surface area contributed by atoms with Gasteiger partial charge >= 0.3 is 0 Å². The molecule has 1 saturated carbocycles. The Bertz CT molecular complexity index is 1660. The van der Waals surface area contributed by atoms with Gasteiger partial charge in [-0.15, -0.1) is 0 Å². The first-order chi connectivity index (χ1) is 18.0. The van der Waals surface area contributed by atoms with E-state index in [-0.39, 0.29) is 32.9 Å². The number of benzene rings is 1. The first kappa shape index (κ1) is 27.5. The molecule has 2 aromatic heterocycles. The zero-order chi connectivity index (χ0) is 27.7. The zero-order valence-electron chi connectivity index (χ0n) is 20.6. The number of halogens is 4. The van der Waals surface area contributed by atoms with Crippen LogP contribution < -0.4 is 11.1 Å². The monoisotopic (exact) mass is 561 g/mol. The van der Waals surface area contributed by atoms with E-state index in [2.05, 4.69) is 9.98 Å². The third-order valence-electron chi connectivity index (χ3n) is 6.24. The van der Waals surface area contributed by atoms with E-state index in [0.717, 1.165) is 23.0 Å². The van der Waals surface area contributed by atoms with Gasteiger partial charge in [0.1, 0.15) is 22.4 Å². The summed E-state index contributed by atoms with van der Waals surface area (Å²) in [6.07, 6.45) is 6.43. The molecule has 0 radical (unpaired) electrons. The van der Waals surface area contributed by atoms with Crippen molar-refractivity contribution in [2.24, 2.45) is 4.99 Å². The fourth-order valence-electron chi connectivity index (χ4n) is 4.31. The average Bonchev–Trinajstić information content (AvgIpc) is 3.66. The highest BCUT2D eigenvalue weighted by Crippen LogP contribution is 2.55. The van der Waals surface area contributed by atoms with Crippen molar-refractivity contribution in [2.45, 2.75) is 37.0 Å². The largest absolute Gasteiger partial charge is 0.326 e. The van der Waals surface area contributed by atoms with E-state index in [1.54, 1.807) is 19.9 Å². The molecule has 0 spiro atoms. The van der Waals surface area contributed by atoms with Gasteiger partial charge in [-0.2, -0.15) is 0 Å². The number of hydrogen-bond donors (Lipinski definition) is 1. The molecule has 0 amide bonds. The molecule has 1 aliphatic carbocycles. The van der Waals surface area contributed by atoms with E-state index in [9.17, 15) is 18.2 Å². The SMILES string of the molecule is C/C=C/N=C(/C(F)=C/n1c(C)cc(C2CC2c2cc(F)c[nH]c2=O)c(Cl)c1=O)c1cccc(S(C)=O)c1F. The lowest BCUT2D eigenvalue weighted by Gasteiger charge is -2.12. The van der Waals surface area contributed by atoms with Crippen LogP contribution in [0.25, 0.3) is 6.20 Å². The molecular formula is C27H23ClF3N3O3S. The van der Waals surface area contributed by atoms with Gasteiger partial charge in [0.05, 0.1) is 21.9 Å². The fourth-order valence-corrected chi connectivity index (χ4v) is 5.23. The summed E-state index contributed by atoms with van der Waals surface area (Å²) in [6, 6.07) is 6.84. The predicted octanol–water partition coefficient (Wildman–Crippen LogP) is 5.58. The third-order valence-corrected chi connectivity index (χ3v) is 7.55. The maximum atomic E-state index is 15.6. The smallest absolute Gasteiger partial charge is 0.273 e. The lowest BCUT2D eigenvalue weighted by molar-refractivity contribution is 0.591. The molecule has 11 heteroatoms. The molecule has 3 aromatic rings. The van der Waals surface area contributed by atoms with Crippen molar-refractivity contribution >= 4 is 34.3 Å². The zero-order valence-corrected chi connectivity index (χ0v) is 22.2. The highest BCUT2D eigenvalue weighted by atomic mass is 35.5. The molecule has 3 atom stereocenters. The molecule has 1 fully saturated rings. The van der Waals surface area contributed by atoms with Gasteiger partial charge in [0, 0.05) is 35.5 Å². The van der Waals surface area contributed by atoms with Crippen LogP contribution in [0.1, 0.15) is 47.6 Å². The van der Waals surface area contributed by atoms with Crippen LogP contribution in [0.4, 0.5) is 13.2 Å². The number of pyridine rings is 2. The Labute approximate surface area is 223 Å². The molecule has 3 unspecified atom stereocenters.